The van der Waals surface area contributed by atoms with Gasteiger partial charge in [0.25, 0.3) is 5.91 Å². The first kappa shape index (κ1) is 16.0. The topological polar surface area (TPSA) is 54.5 Å². The predicted octanol–water partition coefficient (Wildman–Crippen LogP) is 3.24. The van der Waals surface area contributed by atoms with E-state index in [0.717, 1.165) is 28.8 Å². The summed E-state index contributed by atoms with van der Waals surface area (Å²) in [6, 6.07) is 9.33. The summed E-state index contributed by atoms with van der Waals surface area (Å²) < 4.78 is 6.39. The minimum Gasteiger partial charge on any atom is -0.378 e. The molecule has 0 bridgehead atoms. The number of halogens is 1. The van der Waals surface area contributed by atoms with E-state index in [0.29, 0.717) is 24.6 Å². The number of hydrogen-bond acceptors (Lipinski definition) is 4. The van der Waals surface area contributed by atoms with E-state index in [-0.39, 0.29) is 5.91 Å². The number of benzene rings is 1. The van der Waals surface area contributed by atoms with Gasteiger partial charge in [0.05, 0.1) is 18.8 Å². The van der Waals surface area contributed by atoms with E-state index in [4.69, 9.17) is 4.74 Å². The fraction of sp³-hybridized carbons (Fsp3) is 0.294. The van der Waals surface area contributed by atoms with Gasteiger partial charge in [-0.25, -0.2) is 4.98 Å². The lowest BCUT2D eigenvalue weighted by Gasteiger charge is -2.29. The zero-order valence-electron chi connectivity index (χ0n) is 12.9. The molecule has 1 aromatic heterocycles. The summed E-state index contributed by atoms with van der Waals surface area (Å²) in [6.45, 7) is 4.79. The number of nitrogens with zero attached hydrogens (tertiary/aromatic N) is 2. The van der Waals surface area contributed by atoms with Crippen LogP contribution in [-0.2, 0) is 4.74 Å². The highest BCUT2D eigenvalue weighted by Gasteiger charge is 2.20. The van der Waals surface area contributed by atoms with Crippen molar-refractivity contribution in [1.29, 1.82) is 0 Å². The van der Waals surface area contributed by atoms with E-state index in [1.54, 1.807) is 18.3 Å². The van der Waals surface area contributed by atoms with Crippen LogP contribution in [0.1, 0.15) is 15.9 Å². The lowest BCUT2D eigenvalue weighted by Crippen LogP contribution is -2.38. The van der Waals surface area contributed by atoms with Crippen LogP contribution in [-0.4, -0.2) is 37.2 Å². The Morgan fingerprint density at radius 2 is 2.09 bits per heavy atom. The van der Waals surface area contributed by atoms with Gasteiger partial charge in [-0.1, -0.05) is 15.9 Å². The van der Waals surface area contributed by atoms with E-state index in [1.165, 1.54) is 0 Å². The molecule has 1 amide bonds. The predicted molar refractivity (Wildman–Crippen MR) is 94.1 cm³/mol. The quantitative estimate of drug-likeness (QED) is 0.894. The number of rotatable bonds is 3. The molecule has 1 aromatic carbocycles. The molecule has 0 atom stereocenters. The van der Waals surface area contributed by atoms with Crippen LogP contribution >= 0.6 is 15.9 Å². The SMILES string of the molecule is Cc1cc(NC(=O)c2cccnc2N2CCOCC2)ccc1Br. The van der Waals surface area contributed by atoms with Crippen molar-refractivity contribution in [2.45, 2.75) is 6.92 Å². The summed E-state index contributed by atoms with van der Waals surface area (Å²) in [5.41, 5.74) is 2.42. The monoisotopic (exact) mass is 375 g/mol. The number of morpholine rings is 1. The number of pyridine rings is 1. The third kappa shape index (κ3) is 3.71. The van der Waals surface area contributed by atoms with Gasteiger partial charge < -0.3 is 15.0 Å². The highest BCUT2D eigenvalue weighted by molar-refractivity contribution is 9.10. The molecule has 3 rings (SSSR count). The van der Waals surface area contributed by atoms with Crippen LogP contribution in [0.15, 0.2) is 41.0 Å². The molecule has 5 nitrogen and oxygen atoms in total. The Hall–Kier alpha value is -1.92. The molecule has 6 heteroatoms. The van der Waals surface area contributed by atoms with Gasteiger partial charge in [-0.05, 0) is 42.8 Å². The van der Waals surface area contributed by atoms with E-state index in [9.17, 15) is 4.79 Å². The number of amides is 1. The molecule has 23 heavy (non-hydrogen) atoms. The van der Waals surface area contributed by atoms with Crippen LogP contribution in [0.5, 0.6) is 0 Å². The third-order valence-electron chi connectivity index (χ3n) is 3.76. The van der Waals surface area contributed by atoms with E-state index in [1.807, 2.05) is 25.1 Å². The van der Waals surface area contributed by atoms with Crippen LogP contribution in [0.25, 0.3) is 0 Å². The average Bonchev–Trinajstić information content (AvgIpc) is 2.59. The normalized spacial score (nSPS) is 14.6. The number of hydrogen-bond donors (Lipinski definition) is 1. The summed E-state index contributed by atoms with van der Waals surface area (Å²) in [5.74, 6) is 0.559. The van der Waals surface area contributed by atoms with Gasteiger partial charge >= 0.3 is 0 Å². The Labute approximate surface area is 143 Å². The molecule has 2 heterocycles. The second-order valence-corrected chi connectivity index (χ2v) is 6.25. The molecule has 1 saturated heterocycles. The Balaban J connectivity index is 1.83. The standard InChI is InChI=1S/C17H18BrN3O2/c1-12-11-13(4-5-15(12)18)20-17(22)14-3-2-6-19-16(14)21-7-9-23-10-8-21/h2-6,11H,7-10H2,1H3,(H,20,22). The molecule has 1 fully saturated rings. The Bertz CT molecular complexity index is 715. The van der Waals surface area contributed by atoms with E-state index in [2.05, 4.69) is 31.1 Å². The minimum atomic E-state index is -0.152. The summed E-state index contributed by atoms with van der Waals surface area (Å²) in [6.07, 6.45) is 1.71. The Morgan fingerprint density at radius 3 is 2.83 bits per heavy atom. The Kier molecular flexibility index (Phi) is 4.93. The number of nitrogens with one attached hydrogen (secondary N) is 1. The molecule has 2 aromatic rings. The van der Waals surface area contributed by atoms with Crippen molar-refractivity contribution in [2.24, 2.45) is 0 Å². The molecule has 0 saturated carbocycles. The molecular weight excluding hydrogens is 358 g/mol. The fourth-order valence-electron chi connectivity index (χ4n) is 2.52. The number of aromatic nitrogens is 1. The lowest BCUT2D eigenvalue weighted by molar-refractivity contribution is 0.102. The summed E-state index contributed by atoms with van der Waals surface area (Å²) in [4.78, 5) is 19.1. The van der Waals surface area contributed by atoms with Crippen molar-refractivity contribution in [3.63, 3.8) is 0 Å². The van der Waals surface area contributed by atoms with E-state index >= 15 is 0 Å². The van der Waals surface area contributed by atoms with Crippen molar-refractivity contribution >= 4 is 33.3 Å². The van der Waals surface area contributed by atoms with Crippen molar-refractivity contribution < 1.29 is 9.53 Å². The lowest BCUT2D eigenvalue weighted by atomic mass is 10.2. The third-order valence-corrected chi connectivity index (χ3v) is 4.65. The van der Waals surface area contributed by atoms with Gasteiger partial charge in [0.1, 0.15) is 5.82 Å². The maximum atomic E-state index is 12.7. The number of aryl methyl sites for hydroxylation is 1. The van der Waals surface area contributed by atoms with Crippen molar-refractivity contribution in [2.75, 3.05) is 36.5 Å². The largest absolute Gasteiger partial charge is 0.378 e. The van der Waals surface area contributed by atoms with Crippen molar-refractivity contribution in [3.8, 4) is 0 Å². The van der Waals surface area contributed by atoms with Crippen LogP contribution in [0.4, 0.5) is 11.5 Å². The minimum absolute atomic E-state index is 0.152. The number of carbonyl (C=O) groups excluding carboxylic acids is 1. The first-order valence-electron chi connectivity index (χ1n) is 7.50. The summed E-state index contributed by atoms with van der Waals surface area (Å²) in [7, 11) is 0. The summed E-state index contributed by atoms with van der Waals surface area (Å²) >= 11 is 3.46. The van der Waals surface area contributed by atoms with Gasteiger partial charge in [0.15, 0.2) is 0 Å². The van der Waals surface area contributed by atoms with Gasteiger partial charge in [0.2, 0.25) is 0 Å². The fourth-order valence-corrected chi connectivity index (χ4v) is 2.77. The van der Waals surface area contributed by atoms with Crippen LogP contribution in [0.2, 0.25) is 0 Å². The molecule has 120 valence electrons. The number of carbonyl (C=O) groups is 1. The molecule has 1 aliphatic heterocycles. The molecule has 0 unspecified atom stereocenters. The smallest absolute Gasteiger partial charge is 0.259 e. The molecular formula is C17H18BrN3O2. The second-order valence-electron chi connectivity index (χ2n) is 5.39. The first-order valence-corrected chi connectivity index (χ1v) is 8.29. The zero-order chi connectivity index (χ0) is 16.2. The molecule has 1 aliphatic rings. The average molecular weight is 376 g/mol. The van der Waals surface area contributed by atoms with Crippen molar-refractivity contribution in [3.05, 3.63) is 52.1 Å². The van der Waals surface area contributed by atoms with Crippen LogP contribution in [0, 0.1) is 6.92 Å². The highest BCUT2D eigenvalue weighted by Crippen LogP contribution is 2.23. The van der Waals surface area contributed by atoms with Crippen LogP contribution in [0.3, 0.4) is 0 Å². The van der Waals surface area contributed by atoms with Crippen LogP contribution < -0.4 is 10.2 Å². The maximum absolute atomic E-state index is 12.7. The maximum Gasteiger partial charge on any atom is 0.259 e. The van der Waals surface area contributed by atoms with Crippen molar-refractivity contribution in [1.82, 2.24) is 4.98 Å². The van der Waals surface area contributed by atoms with Gasteiger partial charge in [-0.15, -0.1) is 0 Å². The molecule has 0 radical (unpaired) electrons. The molecule has 0 aliphatic carbocycles. The zero-order valence-corrected chi connectivity index (χ0v) is 14.5. The van der Waals surface area contributed by atoms with Gasteiger partial charge in [-0.2, -0.15) is 0 Å². The number of anilines is 2. The number of ether oxygens (including phenoxy) is 1. The molecule has 0 spiro atoms. The van der Waals surface area contributed by atoms with Gasteiger partial charge in [-0.3, -0.25) is 4.79 Å². The van der Waals surface area contributed by atoms with Gasteiger partial charge in [0, 0.05) is 29.4 Å². The second kappa shape index (κ2) is 7.10. The summed E-state index contributed by atoms with van der Waals surface area (Å²) in [5, 5.41) is 2.95. The molecule has 1 N–H and O–H groups in total. The Morgan fingerprint density at radius 1 is 1.30 bits per heavy atom. The first-order chi connectivity index (χ1) is 11.1. The highest BCUT2D eigenvalue weighted by atomic mass is 79.9. The van der Waals surface area contributed by atoms with E-state index < -0.39 is 0 Å².